The molecule has 1 saturated heterocycles. The van der Waals surface area contributed by atoms with E-state index in [9.17, 15) is 13.2 Å². The third-order valence-electron chi connectivity index (χ3n) is 4.04. The van der Waals surface area contributed by atoms with Gasteiger partial charge in [-0.1, -0.05) is 6.92 Å². The number of hydrogen-bond acceptors (Lipinski definition) is 4. The Kier molecular flexibility index (Phi) is 5.87. The maximum absolute atomic E-state index is 12.8. The number of piperazine rings is 1. The second kappa shape index (κ2) is 7.53. The Hall–Kier alpha value is -1.60. The smallest absolute Gasteiger partial charge is 0.243 e. The number of rotatable bonds is 5. The molecule has 1 aromatic carbocycles. The molecule has 1 heterocycles. The fourth-order valence-corrected chi connectivity index (χ4v) is 4.23. The monoisotopic (exact) mass is 354 g/mol. The minimum atomic E-state index is -3.55. The predicted octanol–water partition coefficient (Wildman–Crippen LogP) is 2.03. The van der Waals surface area contributed by atoms with Crippen LogP contribution in [0.25, 0.3) is 0 Å². The lowest BCUT2D eigenvalue weighted by Gasteiger charge is -2.34. The highest BCUT2D eigenvalue weighted by Crippen LogP contribution is 2.25. The van der Waals surface area contributed by atoms with Crippen LogP contribution >= 0.6 is 0 Å². The molecule has 0 aromatic heterocycles. The summed E-state index contributed by atoms with van der Waals surface area (Å²) in [6.07, 6.45) is 0.485. The fraction of sp³-hybridized carbons (Fsp3) is 0.588. The predicted molar refractivity (Wildman–Crippen MR) is 92.6 cm³/mol. The molecule has 7 heteroatoms. The van der Waals surface area contributed by atoms with Crippen molar-refractivity contribution in [3.05, 3.63) is 23.8 Å². The van der Waals surface area contributed by atoms with Crippen molar-refractivity contribution < 1.29 is 17.9 Å². The molecule has 1 aliphatic heterocycles. The van der Waals surface area contributed by atoms with E-state index >= 15 is 0 Å². The molecule has 6 nitrogen and oxygen atoms in total. The van der Waals surface area contributed by atoms with Crippen molar-refractivity contribution in [2.45, 2.75) is 45.1 Å². The topological polar surface area (TPSA) is 66.9 Å². The average molecular weight is 354 g/mol. The Morgan fingerprint density at radius 2 is 1.83 bits per heavy atom. The molecule has 1 fully saturated rings. The number of hydrogen-bond donors (Lipinski definition) is 0. The van der Waals surface area contributed by atoms with Crippen LogP contribution in [-0.4, -0.2) is 55.8 Å². The van der Waals surface area contributed by atoms with Crippen molar-refractivity contribution in [1.29, 1.82) is 0 Å². The number of sulfonamides is 1. The van der Waals surface area contributed by atoms with Crippen molar-refractivity contribution >= 4 is 15.9 Å². The van der Waals surface area contributed by atoms with E-state index in [-0.39, 0.29) is 16.9 Å². The zero-order valence-electron chi connectivity index (χ0n) is 14.8. The number of benzene rings is 1. The van der Waals surface area contributed by atoms with E-state index in [0.29, 0.717) is 38.3 Å². The van der Waals surface area contributed by atoms with Crippen LogP contribution in [-0.2, 0) is 14.8 Å². The van der Waals surface area contributed by atoms with E-state index in [2.05, 4.69) is 0 Å². The minimum absolute atomic E-state index is 0.0373. The maximum atomic E-state index is 12.8. The Morgan fingerprint density at radius 1 is 1.21 bits per heavy atom. The molecule has 1 amide bonds. The standard InChI is InChI=1S/C17H26N2O4S/c1-5-17(20)18-8-10-19(11-9-18)24(21,22)15-6-7-16(14(4)12-15)23-13(2)3/h6-7,12-13H,5,8-11H2,1-4H3. The van der Waals surface area contributed by atoms with Gasteiger partial charge in [0, 0.05) is 32.6 Å². The molecule has 1 aromatic rings. The average Bonchev–Trinajstić information content (AvgIpc) is 2.55. The van der Waals surface area contributed by atoms with Crippen LogP contribution in [0.4, 0.5) is 0 Å². The van der Waals surface area contributed by atoms with Crippen molar-refractivity contribution in [2.75, 3.05) is 26.2 Å². The van der Waals surface area contributed by atoms with Crippen LogP contribution in [0.1, 0.15) is 32.8 Å². The summed E-state index contributed by atoms with van der Waals surface area (Å²) in [5, 5.41) is 0. The van der Waals surface area contributed by atoms with Gasteiger partial charge in [-0.3, -0.25) is 4.79 Å². The number of nitrogens with zero attached hydrogens (tertiary/aromatic N) is 2. The van der Waals surface area contributed by atoms with E-state index in [1.54, 1.807) is 23.1 Å². The van der Waals surface area contributed by atoms with Gasteiger partial charge in [0.1, 0.15) is 5.75 Å². The van der Waals surface area contributed by atoms with E-state index in [1.807, 2.05) is 27.7 Å². The second-order valence-electron chi connectivity index (χ2n) is 6.23. The highest BCUT2D eigenvalue weighted by atomic mass is 32.2. The maximum Gasteiger partial charge on any atom is 0.243 e. The second-order valence-corrected chi connectivity index (χ2v) is 8.17. The summed E-state index contributed by atoms with van der Waals surface area (Å²) >= 11 is 0. The highest BCUT2D eigenvalue weighted by molar-refractivity contribution is 7.89. The molecule has 0 atom stereocenters. The Labute approximate surface area is 144 Å². The zero-order chi connectivity index (χ0) is 17.9. The third kappa shape index (κ3) is 4.08. The SMILES string of the molecule is CCC(=O)N1CCN(S(=O)(=O)c2ccc(OC(C)C)c(C)c2)CC1. The molecular formula is C17H26N2O4S. The van der Waals surface area contributed by atoms with Gasteiger partial charge in [0.25, 0.3) is 0 Å². The molecule has 0 aliphatic carbocycles. The van der Waals surface area contributed by atoms with Gasteiger partial charge in [-0.05, 0) is 44.5 Å². The minimum Gasteiger partial charge on any atom is -0.491 e. The Bertz CT molecular complexity index is 693. The normalized spacial score (nSPS) is 16.5. The molecular weight excluding hydrogens is 328 g/mol. The van der Waals surface area contributed by atoms with Gasteiger partial charge >= 0.3 is 0 Å². The first kappa shape index (κ1) is 18.7. The summed E-state index contributed by atoms with van der Waals surface area (Å²) in [7, 11) is -3.55. The van der Waals surface area contributed by atoms with Crippen molar-refractivity contribution in [1.82, 2.24) is 9.21 Å². The third-order valence-corrected chi connectivity index (χ3v) is 5.94. The van der Waals surface area contributed by atoms with Crippen molar-refractivity contribution in [3.63, 3.8) is 0 Å². The summed E-state index contributed by atoms with van der Waals surface area (Å²) in [5.74, 6) is 0.764. The van der Waals surface area contributed by atoms with Gasteiger partial charge in [0.05, 0.1) is 11.0 Å². The van der Waals surface area contributed by atoms with Crippen LogP contribution in [0.2, 0.25) is 0 Å². The molecule has 0 bridgehead atoms. The van der Waals surface area contributed by atoms with Crippen LogP contribution < -0.4 is 4.74 Å². The van der Waals surface area contributed by atoms with Crippen molar-refractivity contribution in [2.24, 2.45) is 0 Å². The lowest BCUT2D eigenvalue weighted by Crippen LogP contribution is -2.50. The summed E-state index contributed by atoms with van der Waals surface area (Å²) in [5.41, 5.74) is 0.796. The highest BCUT2D eigenvalue weighted by Gasteiger charge is 2.30. The first-order valence-electron chi connectivity index (χ1n) is 8.31. The van der Waals surface area contributed by atoms with Gasteiger partial charge in [-0.25, -0.2) is 8.42 Å². The van der Waals surface area contributed by atoms with Gasteiger partial charge in [0.15, 0.2) is 0 Å². The van der Waals surface area contributed by atoms with Gasteiger partial charge in [0.2, 0.25) is 15.9 Å². The van der Waals surface area contributed by atoms with Crippen LogP contribution in [0.5, 0.6) is 5.75 Å². The number of carbonyl (C=O) groups excluding carboxylic acids is 1. The quantitative estimate of drug-likeness (QED) is 0.811. The van der Waals surface area contributed by atoms with Gasteiger partial charge in [-0.2, -0.15) is 4.31 Å². The molecule has 0 saturated carbocycles. The first-order chi connectivity index (χ1) is 11.3. The largest absolute Gasteiger partial charge is 0.491 e. The molecule has 24 heavy (non-hydrogen) atoms. The number of ether oxygens (including phenoxy) is 1. The van der Waals surface area contributed by atoms with E-state index in [0.717, 1.165) is 5.56 Å². The van der Waals surface area contributed by atoms with Gasteiger partial charge < -0.3 is 9.64 Å². The lowest BCUT2D eigenvalue weighted by molar-refractivity contribution is -0.132. The molecule has 0 radical (unpaired) electrons. The zero-order valence-corrected chi connectivity index (χ0v) is 15.6. The number of aryl methyl sites for hydroxylation is 1. The van der Waals surface area contributed by atoms with Gasteiger partial charge in [-0.15, -0.1) is 0 Å². The van der Waals surface area contributed by atoms with E-state index in [4.69, 9.17) is 4.74 Å². The van der Waals surface area contributed by atoms with Crippen LogP contribution in [0.3, 0.4) is 0 Å². The molecule has 0 N–H and O–H groups in total. The molecule has 0 spiro atoms. The molecule has 1 aliphatic rings. The first-order valence-corrected chi connectivity index (χ1v) is 9.75. The Balaban J connectivity index is 2.14. The number of amides is 1. The summed E-state index contributed by atoms with van der Waals surface area (Å²) in [4.78, 5) is 13.7. The summed E-state index contributed by atoms with van der Waals surface area (Å²) in [6.45, 7) is 9.07. The van der Waals surface area contributed by atoms with Crippen molar-refractivity contribution in [3.8, 4) is 5.75 Å². The molecule has 0 unspecified atom stereocenters. The lowest BCUT2D eigenvalue weighted by atomic mass is 10.2. The summed E-state index contributed by atoms with van der Waals surface area (Å²) < 4.78 is 32.7. The van der Waals surface area contributed by atoms with Crippen LogP contribution in [0, 0.1) is 6.92 Å². The molecule has 2 rings (SSSR count). The number of carbonyl (C=O) groups is 1. The van der Waals surface area contributed by atoms with E-state index < -0.39 is 10.0 Å². The fourth-order valence-electron chi connectivity index (χ4n) is 2.72. The summed E-state index contributed by atoms with van der Waals surface area (Å²) in [6, 6.07) is 4.94. The van der Waals surface area contributed by atoms with E-state index in [1.165, 1.54) is 4.31 Å². The Morgan fingerprint density at radius 3 is 2.33 bits per heavy atom. The molecule has 134 valence electrons. The van der Waals surface area contributed by atoms with Crippen LogP contribution in [0.15, 0.2) is 23.1 Å².